The number of hydrogen-bond donors (Lipinski definition) is 1. The van der Waals surface area contributed by atoms with Gasteiger partial charge in [-0.2, -0.15) is 15.0 Å². The van der Waals surface area contributed by atoms with E-state index < -0.39 is 9.04 Å². The van der Waals surface area contributed by atoms with Crippen molar-refractivity contribution in [1.82, 2.24) is 15.0 Å². The quantitative estimate of drug-likeness (QED) is 0.472. The van der Waals surface area contributed by atoms with Crippen LogP contribution in [0.3, 0.4) is 0 Å². The average molecular weight is 482 g/mol. The topological polar surface area (TPSA) is 71.4 Å². The fraction of sp³-hybridized carbons (Fsp3) is 0.400. The summed E-state index contributed by atoms with van der Waals surface area (Å²) < 4.78 is 6.23. The zero-order valence-corrected chi connectivity index (χ0v) is 21.5. The van der Waals surface area contributed by atoms with Crippen molar-refractivity contribution in [3.8, 4) is 17.1 Å². The van der Waals surface area contributed by atoms with Crippen LogP contribution in [-0.4, -0.2) is 41.7 Å². The van der Waals surface area contributed by atoms with Crippen LogP contribution in [0.5, 0.6) is 5.75 Å². The SMILES string of the molecule is C[Si](C)OCC1c2ccccc2CC(C(C)(C)C)N1c1nc(Cl)nc(-c2cccc(O)c2)n1. The molecule has 1 aliphatic heterocycles. The monoisotopic (exact) mass is 481 g/mol. The van der Waals surface area contributed by atoms with Gasteiger partial charge in [0.05, 0.1) is 12.6 Å². The number of benzene rings is 2. The van der Waals surface area contributed by atoms with Gasteiger partial charge in [0.15, 0.2) is 5.82 Å². The van der Waals surface area contributed by atoms with E-state index in [0.29, 0.717) is 23.9 Å². The summed E-state index contributed by atoms with van der Waals surface area (Å²) in [6.07, 6.45) is 0.872. The van der Waals surface area contributed by atoms with Crippen LogP contribution in [0.2, 0.25) is 18.4 Å². The Hall–Kier alpha value is -2.48. The van der Waals surface area contributed by atoms with Crippen LogP contribution in [0, 0.1) is 5.41 Å². The summed E-state index contributed by atoms with van der Waals surface area (Å²) in [5, 5.41) is 10.1. The second-order valence-corrected chi connectivity index (χ2v) is 12.1. The van der Waals surface area contributed by atoms with Gasteiger partial charge in [-0.1, -0.05) is 57.2 Å². The molecule has 2 heterocycles. The maximum Gasteiger partial charge on any atom is 0.231 e. The predicted molar refractivity (Wildman–Crippen MR) is 134 cm³/mol. The molecule has 33 heavy (non-hydrogen) atoms. The number of phenols is 1. The van der Waals surface area contributed by atoms with Crippen LogP contribution < -0.4 is 4.90 Å². The molecule has 0 fully saturated rings. The number of fused-ring (bicyclic) bond motifs is 1. The minimum Gasteiger partial charge on any atom is -0.508 e. The summed E-state index contributed by atoms with van der Waals surface area (Å²) in [5.74, 6) is 1.11. The number of rotatable bonds is 5. The van der Waals surface area contributed by atoms with Crippen molar-refractivity contribution in [2.45, 2.75) is 52.4 Å². The molecule has 0 bridgehead atoms. The Morgan fingerprint density at radius 2 is 1.85 bits per heavy atom. The molecule has 4 rings (SSSR count). The van der Waals surface area contributed by atoms with Crippen molar-refractivity contribution >= 4 is 26.6 Å². The fourth-order valence-electron chi connectivity index (χ4n) is 4.37. The Kier molecular flexibility index (Phi) is 6.75. The number of aromatic nitrogens is 3. The molecule has 2 unspecified atom stereocenters. The van der Waals surface area contributed by atoms with Crippen LogP contribution in [0.4, 0.5) is 5.95 Å². The van der Waals surface area contributed by atoms with E-state index in [1.54, 1.807) is 18.2 Å². The zero-order valence-electron chi connectivity index (χ0n) is 19.7. The van der Waals surface area contributed by atoms with Crippen molar-refractivity contribution in [2.75, 3.05) is 11.5 Å². The molecule has 1 N–H and O–H groups in total. The van der Waals surface area contributed by atoms with Gasteiger partial charge < -0.3 is 14.4 Å². The standard InChI is InChI=1S/C25H30ClN4O2Si/c1-25(2,3)21-14-16-9-6-7-12-19(16)20(15-32-33(4)5)30(21)24-28-22(27-23(26)29-24)17-10-8-11-18(31)13-17/h6-13,20-21,31H,14-15H2,1-5H3. The first-order valence-electron chi connectivity index (χ1n) is 11.1. The van der Waals surface area contributed by atoms with E-state index in [1.165, 1.54) is 11.1 Å². The van der Waals surface area contributed by atoms with Gasteiger partial charge in [0.1, 0.15) is 5.75 Å². The molecule has 0 saturated carbocycles. The van der Waals surface area contributed by atoms with Crippen LogP contribution in [-0.2, 0) is 10.8 Å². The van der Waals surface area contributed by atoms with Gasteiger partial charge in [-0.25, -0.2) is 0 Å². The van der Waals surface area contributed by atoms with E-state index in [1.807, 2.05) is 6.07 Å². The van der Waals surface area contributed by atoms with Gasteiger partial charge in [-0.15, -0.1) is 0 Å². The number of halogens is 1. The molecule has 1 aromatic heterocycles. The molecule has 0 saturated heterocycles. The number of aromatic hydroxyl groups is 1. The number of anilines is 1. The molecule has 6 nitrogen and oxygen atoms in total. The van der Waals surface area contributed by atoms with Crippen LogP contribution in [0.15, 0.2) is 48.5 Å². The highest BCUT2D eigenvalue weighted by atomic mass is 35.5. The van der Waals surface area contributed by atoms with Crippen LogP contribution in [0.25, 0.3) is 11.4 Å². The molecule has 3 aromatic rings. The van der Waals surface area contributed by atoms with E-state index in [-0.39, 0.29) is 28.5 Å². The highest BCUT2D eigenvalue weighted by Crippen LogP contribution is 2.42. The lowest BCUT2D eigenvalue weighted by atomic mass is 9.76. The fourth-order valence-corrected chi connectivity index (χ4v) is 5.01. The molecule has 0 spiro atoms. The van der Waals surface area contributed by atoms with Crippen molar-refractivity contribution in [3.63, 3.8) is 0 Å². The molecule has 173 valence electrons. The predicted octanol–water partition coefficient (Wildman–Crippen LogP) is 5.68. The van der Waals surface area contributed by atoms with E-state index in [9.17, 15) is 5.11 Å². The maximum atomic E-state index is 9.96. The first-order chi connectivity index (χ1) is 15.6. The molecule has 0 aliphatic carbocycles. The third-order valence-corrected chi connectivity index (χ3v) is 6.87. The van der Waals surface area contributed by atoms with Gasteiger partial charge in [-0.05, 0) is 59.8 Å². The lowest BCUT2D eigenvalue weighted by Crippen LogP contribution is -2.52. The first kappa shape index (κ1) is 23.7. The Bertz CT molecular complexity index is 1140. The largest absolute Gasteiger partial charge is 0.508 e. The van der Waals surface area contributed by atoms with E-state index in [4.69, 9.17) is 21.0 Å². The van der Waals surface area contributed by atoms with E-state index in [2.05, 4.69) is 73.0 Å². The Balaban J connectivity index is 1.87. The second kappa shape index (κ2) is 9.41. The first-order valence-corrected chi connectivity index (χ1v) is 13.9. The molecule has 1 radical (unpaired) electrons. The summed E-state index contributed by atoms with van der Waals surface area (Å²) in [7, 11) is -0.889. The molecular formula is C25H30ClN4O2Si. The number of phenolic OH excluding ortho intramolecular Hbond substituents is 1. The summed E-state index contributed by atoms with van der Waals surface area (Å²) in [4.78, 5) is 16.0. The zero-order chi connectivity index (χ0) is 23.8. The van der Waals surface area contributed by atoms with Crippen molar-refractivity contribution in [1.29, 1.82) is 0 Å². The number of nitrogens with zero attached hydrogens (tertiary/aromatic N) is 4. The van der Waals surface area contributed by atoms with Crippen molar-refractivity contribution in [2.24, 2.45) is 5.41 Å². The number of hydrogen-bond acceptors (Lipinski definition) is 6. The van der Waals surface area contributed by atoms with Gasteiger partial charge in [0, 0.05) is 11.6 Å². The molecule has 8 heteroatoms. The summed E-state index contributed by atoms with van der Waals surface area (Å²) in [6.45, 7) is 11.6. The lowest BCUT2D eigenvalue weighted by molar-refractivity contribution is 0.223. The Morgan fingerprint density at radius 3 is 2.55 bits per heavy atom. The third-order valence-electron chi connectivity index (χ3n) is 5.96. The minimum absolute atomic E-state index is 0.0467. The molecule has 0 amide bonds. The maximum absolute atomic E-state index is 9.96. The molecule has 1 aliphatic rings. The van der Waals surface area contributed by atoms with Crippen LogP contribution in [0.1, 0.15) is 37.9 Å². The Labute approximate surface area is 202 Å². The van der Waals surface area contributed by atoms with Gasteiger partial charge in [0.2, 0.25) is 20.3 Å². The third kappa shape index (κ3) is 5.21. The summed E-state index contributed by atoms with van der Waals surface area (Å²) >= 11 is 6.42. The molecular weight excluding hydrogens is 452 g/mol. The van der Waals surface area contributed by atoms with Crippen molar-refractivity contribution in [3.05, 3.63) is 64.9 Å². The highest BCUT2D eigenvalue weighted by Gasteiger charge is 2.42. The smallest absolute Gasteiger partial charge is 0.231 e. The minimum atomic E-state index is -0.889. The van der Waals surface area contributed by atoms with E-state index in [0.717, 1.165) is 6.42 Å². The van der Waals surface area contributed by atoms with Crippen LogP contribution >= 0.6 is 11.6 Å². The highest BCUT2D eigenvalue weighted by molar-refractivity contribution is 6.48. The lowest BCUT2D eigenvalue weighted by Gasteiger charge is -2.48. The van der Waals surface area contributed by atoms with Crippen molar-refractivity contribution < 1.29 is 9.53 Å². The molecule has 2 aromatic carbocycles. The molecule has 2 atom stereocenters. The Morgan fingerprint density at radius 1 is 1.09 bits per heavy atom. The van der Waals surface area contributed by atoms with Gasteiger partial charge >= 0.3 is 0 Å². The summed E-state index contributed by atoms with van der Waals surface area (Å²) in [6, 6.07) is 15.5. The van der Waals surface area contributed by atoms with Gasteiger partial charge in [-0.3, -0.25) is 0 Å². The average Bonchev–Trinajstić information content (AvgIpc) is 2.75. The summed E-state index contributed by atoms with van der Waals surface area (Å²) in [5.41, 5.74) is 3.20. The second-order valence-electron chi connectivity index (χ2n) is 9.71. The van der Waals surface area contributed by atoms with Gasteiger partial charge in [0.25, 0.3) is 0 Å². The normalized spacial score (nSPS) is 18.5. The van der Waals surface area contributed by atoms with E-state index >= 15 is 0 Å².